The number of piperazine rings is 1. The highest BCUT2D eigenvalue weighted by atomic mass is 32.1. The van der Waals surface area contributed by atoms with Crippen molar-refractivity contribution >= 4 is 55.0 Å². The number of halogens is 5. The van der Waals surface area contributed by atoms with Crippen molar-refractivity contribution in [2.24, 2.45) is 5.92 Å². The van der Waals surface area contributed by atoms with Gasteiger partial charge in [0.05, 0.1) is 47.4 Å². The van der Waals surface area contributed by atoms with E-state index < -0.39 is 59.2 Å². The van der Waals surface area contributed by atoms with Gasteiger partial charge >= 0.3 is 12.2 Å². The highest BCUT2D eigenvalue weighted by Gasteiger charge is 2.45. The largest absolute Gasteiger partial charge is 0.486 e. The molecule has 12 rings (SSSR count). The zero-order valence-corrected chi connectivity index (χ0v) is 46.7. The third kappa shape index (κ3) is 10.7. The number of anilines is 2. The van der Waals surface area contributed by atoms with E-state index in [1.165, 1.54) is 21.7 Å². The van der Waals surface area contributed by atoms with E-state index in [2.05, 4.69) is 20.9 Å². The van der Waals surface area contributed by atoms with Crippen LogP contribution in [0.5, 0.6) is 11.8 Å². The van der Waals surface area contributed by atoms with Gasteiger partial charge in [0, 0.05) is 78.4 Å². The number of nitrogens with two attached hydrogens (primary N) is 1. The fourth-order valence-corrected chi connectivity index (χ4v) is 13.0. The number of carbonyl (C=O) groups is 2. The Hall–Kier alpha value is -8.30. The van der Waals surface area contributed by atoms with Gasteiger partial charge in [-0.05, 0) is 59.7 Å². The number of rotatable bonds is 15. The molecule has 4 aliphatic rings. The summed E-state index contributed by atoms with van der Waals surface area (Å²) < 4.78 is 98.0. The zero-order chi connectivity index (χ0) is 58.7. The number of likely N-dealkylation sites (tertiary alicyclic amines) is 1. The van der Waals surface area contributed by atoms with Crippen molar-refractivity contribution in [1.82, 2.24) is 40.5 Å². The summed E-state index contributed by atoms with van der Waals surface area (Å²) >= 11 is 0.762. The maximum Gasteiger partial charge on any atom is 0.417 e. The summed E-state index contributed by atoms with van der Waals surface area (Å²) in [5, 5.41) is 36.3. The monoisotopic (exact) mass is 1170 g/mol. The number of nitriles is 1. The predicted molar refractivity (Wildman–Crippen MR) is 305 cm³/mol. The third-order valence-electron chi connectivity index (χ3n) is 16.3. The number of nitrogen functional groups attached to an aromatic ring is 1. The number of aliphatic hydroxyl groups excluding tert-OH is 1. The predicted octanol–water partition coefficient (Wildman–Crippen LogP) is 9.91. The number of carbonyl (C=O) groups excluding carboxylic acids is 2. The van der Waals surface area contributed by atoms with E-state index in [1.54, 1.807) is 79.9 Å². The van der Waals surface area contributed by atoms with Crippen LogP contribution in [0.1, 0.15) is 80.8 Å². The van der Waals surface area contributed by atoms with Crippen molar-refractivity contribution < 1.29 is 50.9 Å². The molecule has 5 N–H and O–H groups in total. The van der Waals surface area contributed by atoms with Crippen molar-refractivity contribution in [2.45, 2.75) is 102 Å². The molecular formula is C61H58F5N11O6S. The van der Waals surface area contributed by atoms with Gasteiger partial charge < -0.3 is 45.5 Å². The van der Waals surface area contributed by atoms with E-state index in [0.29, 0.717) is 67.1 Å². The fourth-order valence-electron chi connectivity index (χ4n) is 12.1. The maximum atomic E-state index is 16.0. The average Bonchev–Trinajstić information content (AvgIpc) is 1.34. The number of ether oxygens (including phenoxy) is 3. The minimum absolute atomic E-state index is 0.0112. The minimum atomic E-state index is -5.03. The topological polar surface area (TPSA) is 219 Å². The number of aliphatic hydroxyl groups is 1. The van der Waals surface area contributed by atoms with Gasteiger partial charge in [-0.1, -0.05) is 91.9 Å². The Kier molecular flexibility index (Phi) is 15.2. The van der Waals surface area contributed by atoms with E-state index in [-0.39, 0.29) is 104 Å². The first-order valence-electron chi connectivity index (χ1n) is 27.8. The molecule has 0 saturated carbocycles. The quantitative estimate of drug-likeness (QED) is 0.0703. The lowest BCUT2D eigenvalue weighted by Crippen LogP contribution is -2.49. The van der Waals surface area contributed by atoms with Crippen LogP contribution in [0.3, 0.4) is 0 Å². The highest BCUT2D eigenvalue weighted by Crippen LogP contribution is 2.52. The average molecular weight is 1170 g/mol. The molecule has 434 valence electrons. The number of β-amino-alcohol motifs (C(OH)–C–C–N with tert-alkyl or cyclic N) is 1. The third-order valence-corrected chi connectivity index (χ3v) is 17.3. The molecule has 7 heterocycles. The highest BCUT2D eigenvalue weighted by molar-refractivity contribution is 7.23. The summed E-state index contributed by atoms with van der Waals surface area (Å²) in [4.78, 5) is 41.6. The second-order valence-electron chi connectivity index (χ2n) is 22.2. The first kappa shape index (κ1) is 56.2. The van der Waals surface area contributed by atoms with Crippen LogP contribution in [0.4, 0.5) is 32.8 Å². The lowest BCUT2D eigenvalue weighted by molar-refractivity contribution is -0.142. The molecule has 0 aliphatic carbocycles. The molecule has 84 heavy (non-hydrogen) atoms. The molecule has 0 radical (unpaired) electrons. The summed E-state index contributed by atoms with van der Waals surface area (Å²) in [6, 6.07) is 23.3. The Labute approximate surface area is 483 Å². The van der Waals surface area contributed by atoms with Crippen molar-refractivity contribution in [2.75, 3.05) is 43.5 Å². The summed E-state index contributed by atoms with van der Waals surface area (Å²) in [6.07, 6.45) is -2.87. The summed E-state index contributed by atoms with van der Waals surface area (Å²) in [6.45, 7) is 7.04. The second-order valence-corrected chi connectivity index (χ2v) is 23.2. The van der Waals surface area contributed by atoms with Crippen LogP contribution < -0.4 is 30.7 Å². The van der Waals surface area contributed by atoms with Crippen LogP contribution in [0.15, 0.2) is 97.2 Å². The Morgan fingerprint density at radius 3 is 2.39 bits per heavy atom. The van der Waals surface area contributed by atoms with Gasteiger partial charge in [-0.3, -0.25) is 9.59 Å². The molecule has 4 saturated heterocycles. The van der Waals surface area contributed by atoms with Gasteiger partial charge in [0.15, 0.2) is 5.75 Å². The number of fused-ring (bicyclic) bond motifs is 4. The molecule has 0 spiro atoms. The van der Waals surface area contributed by atoms with Crippen molar-refractivity contribution in [1.29, 1.82) is 5.26 Å². The van der Waals surface area contributed by atoms with Gasteiger partial charge in [0.2, 0.25) is 11.8 Å². The lowest BCUT2D eigenvalue weighted by atomic mass is 9.92. The fraction of sp³-hybridized carbons (Fsp3) is 0.361. The smallest absolute Gasteiger partial charge is 0.417 e. The van der Waals surface area contributed by atoms with E-state index in [0.717, 1.165) is 35.5 Å². The number of benzene rings is 5. The molecule has 8 aromatic rings. The van der Waals surface area contributed by atoms with Gasteiger partial charge in [-0.25, -0.2) is 13.5 Å². The van der Waals surface area contributed by atoms with Crippen molar-refractivity contribution in [3.8, 4) is 51.3 Å². The van der Waals surface area contributed by atoms with Crippen LogP contribution >= 0.6 is 11.3 Å². The Morgan fingerprint density at radius 2 is 1.70 bits per heavy atom. The summed E-state index contributed by atoms with van der Waals surface area (Å²) in [5.74, 6) is -2.40. The molecule has 3 aromatic heterocycles. The molecule has 5 aromatic carbocycles. The lowest BCUT2D eigenvalue weighted by Gasteiger charge is -2.31. The van der Waals surface area contributed by atoms with Crippen LogP contribution in [0.2, 0.25) is 0 Å². The molecule has 0 unspecified atom stereocenters. The molecule has 2 amide bonds. The van der Waals surface area contributed by atoms with Gasteiger partial charge in [0.1, 0.15) is 64.5 Å². The van der Waals surface area contributed by atoms with Gasteiger partial charge in [-0.15, -0.1) is 16.4 Å². The number of hydrogen-bond donors (Lipinski definition) is 4. The summed E-state index contributed by atoms with van der Waals surface area (Å²) in [7, 11) is 0. The number of aromatic nitrogens is 5. The van der Waals surface area contributed by atoms with Crippen molar-refractivity contribution in [3.05, 3.63) is 131 Å². The second kappa shape index (κ2) is 22.7. The van der Waals surface area contributed by atoms with Crippen LogP contribution in [0.25, 0.3) is 54.5 Å². The van der Waals surface area contributed by atoms with Gasteiger partial charge in [-0.2, -0.15) is 28.4 Å². The normalized spacial score (nSPS) is 19.8. The Bertz CT molecular complexity index is 3870. The van der Waals surface area contributed by atoms with Crippen LogP contribution in [-0.2, 0) is 27.1 Å². The standard InChI is InChI=1S/C61H58F5N11O6S/c1-31(2)53(59(80)76-28-39(78)23-49(76)58(79)70-32(3)34-12-14-35(15-13-34)41-6-4-5-7-46(41)62)77-29-48(73-74-77)36-10-8-33(9-11-36)30-82-54-51(42-16-17-47(63)55-50(42)44(25-67)56(68)84-55)45(61(64,65)66)24-43-52(54)71-60(83-40-18-20-81-21-19-40)72-57(43)75-27-37-22-38(75)26-69-37/h4-17,24,29,31-32,37-40,49,53,69,78H,18-23,26-28,30,68H2,1-3H3,(H,70,79)/t32-,37-,38-,39+,49-,53-/m0/s1. The van der Waals surface area contributed by atoms with E-state index in [9.17, 15) is 24.3 Å². The molecular weight excluding hydrogens is 1110 g/mol. The number of hydrogen-bond acceptors (Lipinski definition) is 15. The number of nitrogens with zero attached hydrogens (tertiary/aromatic N) is 8. The SMILES string of the molecule is CC(C)[C@@H](C(=O)N1C[C@H](O)C[C@H]1C(=O)N[C@@H](C)c1ccc(-c2ccccc2F)cc1)n1cc(-c2ccc(COc3c(-c4ccc(F)c5sc(N)c(C#N)c45)c(C(F)(F)F)cc4c(N5C[C@@H]6C[C@H]5CN6)nc(OC5CCOCC5)nc34)cc2)nn1. The molecule has 23 heteroatoms. The van der Waals surface area contributed by atoms with E-state index in [4.69, 9.17) is 29.9 Å². The van der Waals surface area contributed by atoms with Crippen LogP contribution in [-0.4, -0.2) is 110 Å². The van der Waals surface area contributed by atoms with Gasteiger partial charge in [0.25, 0.3) is 0 Å². The molecule has 4 fully saturated rings. The molecule has 17 nitrogen and oxygen atoms in total. The zero-order valence-electron chi connectivity index (χ0n) is 45.9. The van der Waals surface area contributed by atoms with E-state index in [1.807, 2.05) is 24.8 Å². The Morgan fingerprint density at radius 1 is 0.952 bits per heavy atom. The summed E-state index contributed by atoms with van der Waals surface area (Å²) in [5.41, 5.74) is 7.71. The van der Waals surface area contributed by atoms with E-state index >= 15 is 17.6 Å². The number of nitrogens with one attached hydrogen (secondary N) is 2. The molecule has 6 atom stereocenters. The van der Waals surface area contributed by atoms with Crippen molar-refractivity contribution in [3.63, 3.8) is 0 Å². The Balaban J connectivity index is 0.843. The number of thiophene rings is 1. The molecule has 4 aliphatic heterocycles. The first-order chi connectivity index (χ1) is 40.4. The number of amides is 2. The number of alkyl halides is 3. The maximum absolute atomic E-state index is 16.0. The first-order valence-corrected chi connectivity index (χ1v) is 28.6. The molecule has 2 bridgehead atoms. The minimum Gasteiger partial charge on any atom is -0.486 e. The van der Waals surface area contributed by atoms with Crippen LogP contribution in [0, 0.1) is 28.9 Å².